The van der Waals surface area contributed by atoms with E-state index in [-0.39, 0.29) is 35.4 Å². The van der Waals surface area contributed by atoms with Gasteiger partial charge in [-0.25, -0.2) is 0 Å². The van der Waals surface area contributed by atoms with E-state index in [0.29, 0.717) is 18.3 Å². The van der Waals surface area contributed by atoms with Gasteiger partial charge >= 0.3 is 0 Å². The molecule has 2 heterocycles. The van der Waals surface area contributed by atoms with E-state index in [2.05, 4.69) is 57.5 Å². The van der Waals surface area contributed by atoms with Crippen LogP contribution in [0.5, 0.6) is 5.75 Å². The molecule has 166 valence electrons. The normalized spacial score (nSPS) is 17.3. The third-order valence-electron chi connectivity index (χ3n) is 4.94. The number of nitrogens with zero attached hydrogens (tertiary/aromatic N) is 4. The highest BCUT2D eigenvalue weighted by molar-refractivity contribution is 14.0. The molecule has 1 unspecified atom stereocenters. The molecule has 0 radical (unpaired) electrons. The van der Waals surface area contributed by atoms with Crippen LogP contribution in [0.25, 0.3) is 0 Å². The minimum Gasteiger partial charge on any atom is -0.495 e. The van der Waals surface area contributed by atoms with Crippen molar-refractivity contribution in [2.75, 3.05) is 32.1 Å². The molecule has 0 bridgehead atoms. The van der Waals surface area contributed by atoms with Crippen LogP contribution in [0, 0.1) is 0 Å². The van der Waals surface area contributed by atoms with E-state index in [4.69, 9.17) is 9.26 Å². The number of halogens is 1. The molecule has 2 aromatic rings. The summed E-state index contributed by atoms with van der Waals surface area (Å²) < 4.78 is 10.9. The van der Waals surface area contributed by atoms with Crippen molar-refractivity contribution in [2.24, 2.45) is 4.99 Å². The molecule has 30 heavy (non-hydrogen) atoms. The van der Waals surface area contributed by atoms with Crippen LogP contribution in [-0.4, -0.2) is 49.4 Å². The minimum absolute atomic E-state index is 0. The maximum Gasteiger partial charge on any atom is 0.232 e. The number of anilines is 1. The van der Waals surface area contributed by atoms with Gasteiger partial charge in [-0.15, -0.1) is 24.0 Å². The molecule has 2 N–H and O–H groups in total. The van der Waals surface area contributed by atoms with Crippen molar-refractivity contribution < 1.29 is 9.26 Å². The van der Waals surface area contributed by atoms with E-state index in [0.717, 1.165) is 43.3 Å². The number of para-hydroxylation sites is 2. The van der Waals surface area contributed by atoms with Crippen molar-refractivity contribution in [3.05, 3.63) is 36.0 Å². The summed E-state index contributed by atoms with van der Waals surface area (Å²) in [4.78, 5) is 11.2. The number of benzene rings is 1. The number of methoxy groups -OCH3 is 1. The number of nitrogens with one attached hydrogen (secondary N) is 2. The third kappa shape index (κ3) is 6.23. The molecule has 1 aromatic carbocycles. The average Bonchev–Trinajstić information content (AvgIpc) is 3.21. The predicted molar refractivity (Wildman–Crippen MR) is 130 cm³/mol. The summed E-state index contributed by atoms with van der Waals surface area (Å²) in [6.07, 6.45) is 2.19. The Balaban J connectivity index is 0.00000320. The lowest BCUT2D eigenvalue weighted by molar-refractivity contribution is 0.318. The van der Waals surface area contributed by atoms with Gasteiger partial charge in [0.25, 0.3) is 0 Å². The topological polar surface area (TPSA) is 87.8 Å². The van der Waals surface area contributed by atoms with Gasteiger partial charge in [-0.2, -0.15) is 4.98 Å². The number of ether oxygens (including phenoxy) is 1. The Hall–Kier alpha value is -2.04. The zero-order valence-corrected chi connectivity index (χ0v) is 20.8. The lowest BCUT2D eigenvalue weighted by Crippen LogP contribution is -2.51. The maximum atomic E-state index is 5.53. The number of piperidine rings is 1. The second-order valence-electron chi connectivity index (χ2n) is 8.29. The van der Waals surface area contributed by atoms with Crippen molar-refractivity contribution in [3.8, 4) is 5.75 Å². The van der Waals surface area contributed by atoms with E-state index < -0.39 is 0 Å². The molecule has 0 spiro atoms. The molecule has 1 aliphatic heterocycles. The van der Waals surface area contributed by atoms with Crippen LogP contribution in [0.1, 0.15) is 45.3 Å². The van der Waals surface area contributed by atoms with Crippen molar-refractivity contribution in [1.29, 1.82) is 0 Å². The summed E-state index contributed by atoms with van der Waals surface area (Å²) in [6.45, 7) is 8.51. The molecule has 0 saturated carbocycles. The first-order valence-electron chi connectivity index (χ1n) is 10.1. The number of hydrogen-bond acceptors (Lipinski definition) is 6. The second kappa shape index (κ2) is 10.8. The van der Waals surface area contributed by atoms with Gasteiger partial charge in [0.1, 0.15) is 5.75 Å². The largest absolute Gasteiger partial charge is 0.495 e. The van der Waals surface area contributed by atoms with E-state index in [1.165, 1.54) is 0 Å². The number of hydrogen-bond donors (Lipinski definition) is 2. The van der Waals surface area contributed by atoms with Gasteiger partial charge in [0.2, 0.25) is 5.89 Å². The Labute approximate surface area is 195 Å². The molecule has 1 atom stereocenters. The highest BCUT2D eigenvalue weighted by Crippen LogP contribution is 2.29. The summed E-state index contributed by atoms with van der Waals surface area (Å²) in [6, 6.07) is 8.44. The Morgan fingerprint density at radius 2 is 2.10 bits per heavy atom. The van der Waals surface area contributed by atoms with Crippen LogP contribution in [-0.2, 0) is 12.0 Å². The predicted octanol–water partition coefficient (Wildman–Crippen LogP) is 3.33. The van der Waals surface area contributed by atoms with Crippen LogP contribution in [0.4, 0.5) is 5.69 Å². The van der Waals surface area contributed by atoms with Crippen LogP contribution >= 0.6 is 24.0 Å². The van der Waals surface area contributed by atoms with Gasteiger partial charge in [0.15, 0.2) is 11.8 Å². The van der Waals surface area contributed by atoms with Crippen LogP contribution in [0.3, 0.4) is 0 Å². The van der Waals surface area contributed by atoms with Crippen LogP contribution in [0.15, 0.2) is 33.8 Å². The molecule has 0 aliphatic carbocycles. The molecule has 1 aromatic heterocycles. The van der Waals surface area contributed by atoms with E-state index >= 15 is 0 Å². The van der Waals surface area contributed by atoms with Crippen LogP contribution < -0.4 is 20.3 Å². The molecular formula is C21H33IN6O2. The maximum absolute atomic E-state index is 5.53. The molecule has 9 heteroatoms. The van der Waals surface area contributed by atoms with Crippen molar-refractivity contribution in [1.82, 2.24) is 20.8 Å². The summed E-state index contributed by atoms with van der Waals surface area (Å²) >= 11 is 0. The Kier molecular flexibility index (Phi) is 8.75. The fraction of sp³-hybridized carbons (Fsp3) is 0.571. The first-order valence-corrected chi connectivity index (χ1v) is 10.1. The molecule has 1 fully saturated rings. The quantitative estimate of drug-likeness (QED) is 0.350. The summed E-state index contributed by atoms with van der Waals surface area (Å²) in [5.41, 5.74) is 0.973. The first kappa shape index (κ1) is 24.2. The molecular weight excluding hydrogens is 495 g/mol. The van der Waals surface area contributed by atoms with Gasteiger partial charge in [-0.1, -0.05) is 38.1 Å². The second-order valence-corrected chi connectivity index (χ2v) is 8.29. The molecule has 1 saturated heterocycles. The Bertz CT molecular complexity index is 833. The third-order valence-corrected chi connectivity index (χ3v) is 4.94. The van der Waals surface area contributed by atoms with Gasteiger partial charge in [-0.3, -0.25) is 4.99 Å². The molecule has 3 rings (SSSR count). The fourth-order valence-electron chi connectivity index (χ4n) is 3.39. The summed E-state index contributed by atoms with van der Waals surface area (Å²) in [5, 5.41) is 10.9. The SMILES string of the molecule is CN=C(NCc1noc(C(C)(C)C)n1)NC1CCCN(c2ccccc2OC)C1.I. The molecule has 8 nitrogen and oxygen atoms in total. The lowest BCUT2D eigenvalue weighted by atomic mass is 9.97. The van der Waals surface area contributed by atoms with Crippen LogP contribution in [0.2, 0.25) is 0 Å². The minimum atomic E-state index is -0.158. The number of aliphatic imine (C=N–C) groups is 1. The zero-order chi connectivity index (χ0) is 20.9. The molecule has 1 aliphatic rings. The standard InChI is InChI=1S/C21H32N6O2.HI/c1-21(2,3)19-25-18(26-29-19)13-23-20(22-4)24-15-9-8-12-27(14-15)16-10-6-7-11-17(16)28-5;/h6-7,10-11,15H,8-9,12-14H2,1-5H3,(H2,22,23,24);1H. The van der Waals surface area contributed by atoms with E-state index in [9.17, 15) is 0 Å². The number of rotatable bonds is 5. The van der Waals surface area contributed by atoms with E-state index in [1.807, 2.05) is 18.2 Å². The van der Waals surface area contributed by atoms with Crippen molar-refractivity contribution in [2.45, 2.75) is 51.6 Å². The first-order chi connectivity index (χ1) is 13.9. The van der Waals surface area contributed by atoms with Gasteiger partial charge in [0, 0.05) is 31.6 Å². The number of guanidine groups is 1. The smallest absolute Gasteiger partial charge is 0.232 e. The Morgan fingerprint density at radius 1 is 1.33 bits per heavy atom. The van der Waals surface area contributed by atoms with Gasteiger partial charge in [-0.05, 0) is 25.0 Å². The highest BCUT2D eigenvalue weighted by Gasteiger charge is 2.24. The van der Waals surface area contributed by atoms with Crippen molar-refractivity contribution in [3.63, 3.8) is 0 Å². The van der Waals surface area contributed by atoms with Crippen molar-refractivity contribution >= 4 is 35.6 Å². The summed E-state index contributed by atoms with van der Waals surface area (Å²) in [5.74, 6) is 2.90. The highest BCUT2D eigenvalue weighted by atomic mass is 127. The lowest BCUT2D eigenvalue weighted by Gasteiger charge is -2.36. The Morgan fingerprint density at radius 3 is 2.77 bits per heavy atom. The van der Waals surface area contributed by atoms with Gasteiger partial charge < -0.3 is 24.8 Å². The molecule has 0 amide bonds. The van der Waals surface area contributed by atoms with Gasteiger partial charge in [0.05, 0.1) is 19.3 Å². The zero-order valence-electron chi connectivity index (χ0n) is 18.4. The monoisotopic (exact) mass is 528 g/mol. The number of aromatic nitrogens is 2. The van der Waals surface area contributed by atoms with E-state index in [1.54, 1.807) is 14.2 Å². The average molecular weight is 528 g/mol. The fourth-order valence-corrected chi connectivity index (χ4v) is 3.39. The summed E-state index contributed by atoms with van der Waals surface area (Å²) in [7, 11) is 3.49.